The summed E-state index contributed by atoms with van der Waals surface area (Å²) in [6.45, 7) is 7.43. The van der Waals surface area contributed by atoms with E-state index in [1.807, 2.05) is 45.3 Å². The average molecular weight is 545 g/mol. The van der Waals surface area contributed by atoms with Crippen molar-refractivity contribution >= 4 is 40.0 Å². The van der Waals surface area contributed by atoms with Gasteiger partial charge in [0.25, 0.3) is 11.5 Å². The van der Waals surface area contributed by atoms with Crippen LogP contribution in [-0.2, 0) is 7.05 Å². The minimum Gasteiger partial charge on any atom is -0.377 e. The van der Waals surface area contributed by atoms with Crippen molar-refractivity contribution in [2.45, 2.75) is 32.7 Å². The largest absolute Gasteiger partial charge is 0.377 e. The van der Waals surface area contributed by atoms with Gasteiger partial charge in [0.15, 0.2) is 5.69 Å². The standard InChI is InChI=1S/C28H29ClN8O2/c1-13-7-17(14(2)33-21-5-6-22(29)34-25(21)26(30)38)24-18(8-13)27(39)36(4)28(35-24)37-11-19-20(12-37)23(19)16-9-31-15(3)32-10-16/h5-10,14,19-20,23,33H,11-12H2,1-4H3,(H2,30,38). The average Bonchev–Trinajstić information content (AvgIpc) is 3.39. The molecule has 200 valence electrons. The molecule has 39 heavy (non-hydrogen) atoms. The van der Waals surface area contributed by atoms with E-state index >= 15 is 0 Å². The number of benzene rings is 1. The maximum absolute atomic E-state index is 13.6. The summed E-state index contributed by atoms with van der Waals surface area (Å²) in [4.78, 5) is 45.6. The predicted octanol–water partition coefficient (Wildman–Crippen LogP) is 3.51. The molecule has 1 aliphatic carbocycles. The van der Waals surface area contributed by atoms with Gasteiger partial charge < -0.3 is 16.0 Å². The van der Waals surface area contributed by atoms with Crippen LogP contribution in [0.1, 0.15) is 51.9 Å². The van der Waals surface area contributed by atoms with Crippen molar-refractivity contribution in [3.63, 3.8) is 0 Å². The topological polar surface area (TPSA) is 132 Å². The molecule has 4 aromatic rings. The smallest absolute Gasteiger partial charge is 0.269 e. The summed E-state index contributed by atoms with van der Waals surface area (Å²) < 4.78 is 1.65. The van der Waals surface area contributed by atoms with Crippen LogP contribution in [0.4, 0.5) is 11.6 Å². The number of fused-ring (bicyclic) bond motifs is 2. The number of aryl methyl sites for hydroxylation is 2. The molecule has 1 amide bonds. The molecule has 10 nitrogen and oxygen atoms in total. The number of nitrogens with two attached hydrogens (primary N) is 1. The van der Waals surface area contributed by atoms with E-state index in [1.54, 1.807) is 23.7 Å². The van der Waals surface area contributed by atoms with E-state index in [9.17, 15) is 9.59 Å². The van der Waals surface area contributed by atoms with Crippen molar-refractivity contribution in [2.24, 2.45) is 24.6 Å². The van der Waals surface area contributed by atoms with Crippen LogP contribution in [0.15, 0.2) is 41.5 Å². The van der Waals surface area contributed by atoms with Crippen LogP contribution < -0.4 is 21.5 Å². The van der Waals surface area contributed by atoms with Gasteiger partial charge in [0.05, 0.1) is 22.6 Å². The van der Waals surface area contributed by atoms with Gasteiger partial charge in [-0.25, -0.2) is 19.9 Å². The number of carbonyl (C=O) groups is 1. The molecule has 1 saturated carbocycles. The third-order valence-corrected chi connectivity index (χ3v) is 8.14. The lowest BCUT2D eigenvalue weighted by Crippen LogP contribution is -2.32. The van der Waals surface area contributed by atoms with Gasteiger partial charge in [0.2, 0.25) is 5.95 Å². The summed E-state index contributed by atoms with van der Waals surface area (Å²) in [5.74, 6) is 2.18. The van der Waals surface area contributed by atoms with Gasteiger partial charge in [-0.05, 0) is 67.9 Å². The third kappa shape index (κ3) is 4.38. The molecule has 11 heteroatoms. The Bertz CT molecular complexity index is 1670. The van der Waals surface area contributed by atoms with Crippen molar-refractivity contribution in [1.29, 1.82) is 0 Å². The van der Waals surface area contributed by atoms with Gasteiger partial charge >= 0.3 is 0 Å². The lowest BCUT2D eigenvalue weighted by atomic mass is 10.0. The van der Waals surface area contributed by atoms with Gasteiger partial charge in [0, 0.05) is 38.1 Å². The normalized spacial score (nSPS) is 20.6. The number of halogens is 1. The van der Waals surface area contributed by atoms with Gasteiger partial charge in [-0.3, -0.25) is 14.2 Å². The Morgan fingerprint density at radius 3 is 2.49 bits per heavy atom. The predicted molar refractivity (Wildman–Crippen MR) is 150 cm³/mol. The monoisotopic (exact) mass is 544 g/mol. The number of carbonyl (C=O) groups excluding carboxylic acids is 1. The van der Waals surface area contributed by atoms with Crippen molar-refractivity contribution in [2.75, 3.05) is 23.3 Å². The first-order valence-corrected chi connectivity index (χ1v) is 13.3. The van der Waals surface area contributed by atoms with Crippen molar-refractivity contribution < 1.29 is 4.79 Å². The molecule has 0 radical (unpaired) electrons. The van der Waals surface area contributed by atoms with Crippen molar-refractivity contribution in [3.8, 4) is 0 Å². The maximum atomic E-state index is 13.6. The molecule has 2 fully saturated rings. The molecule has 0 spiro atoms. The van der Waals surface area contributed by atoms with E-state index in [0.717, 1.165) is 30.0 Å². The Morgan fingerprint density at radius 2 is 1.82 bits per heavy atom. The first-order chi connectivity index (χ1) is 18.6. The van der Waals surface area contributed by atoms with Crippen molar-refractivity contribution in [3.05, 3.63) is 80.4 Å². The Balaban J connectivity index is 1.33. The molecule has 3 atom stereocenters. The lowest BCUT2D eigenvalue weighted by molar-refractivity contribution is 0.0996. The van der Waals surface area contributed by atoms with E-state index in [4.69, 9.17) is 22.3 Å². The maximum Gasteiger partial charge on any atom is 0.269 e. The minimum absolute atomic E-state index is 0.0562. The van der Waals surface area contributed by atoms with Crippen LogP contribution in [0.3, 0.4) is 0 Å². The highest BCUT2D eigenvalue weighted by atomic mass is 35.5. The number of anilines is 2. The Labute approximate surface area is 230 Å². The van der Waals surface area contributed by atoms with E-state index < -0.39 is 5.91 Å². The molecular weight excluding hydrogens is 516 g/mol. The summed E-state index contributed by atoms with van der Waals surface area (Å²) in [7, 11) is 1.78. The number of aromatic nitrogens is 5. The number of primary amides is 1. The van der Waals surface area contributed by atoms with Crippen LogP contribution in [0.25, 0.3) is 10.9 Å². The second-order valence-electron chi connectivity index (χ2n) is 10.6. The zero-order chi connectivity index (χ0) is 27.6. The third-order valence-electron chi connectivity index (χ3n) is 7.93. The summed E-state index contributed by atoms with van der Waals surface area (Å²) in [6, 6.07) is 6.85. The van der Waals surface area contributed by atoms with Crippen LogP contribution >= 0.6 is 11.6 Å². The molecule has 1 aromatic carbocycles. The van der Waals surface area contributed by atoms with E-state index in [1.165, 1.54) is 5.56 Å². The summed E-state index contributed by atoms with van der Waals surface area (Å²) in [5.41, 5.74) is 9.55. The molecule has 3 unspecified atom stereocenters. The number of nitrogens with zero attached hydrogens (tertiary/aromatic N) is 6. The van der Waals surface area contributed by atoms with Crippen LogP contribution in [0.2, 0.25) is 5.15 Å². The molecule has 4 heterocycles. The van der Waals surface area contributed by atoms with E-state index in [-0.39, 0.29) is 22.4 Å². The molecular formula is C28H29ClN8O2. The van der Waals surface area contributed by atoms with Gasteiger partial charge in [-0.2, -0.15) is 0 Å². The summed E-state index contributed by atoms with van der Waals surface area (Å²) in [6.07, 6.45) is 3.87. The van der Waals surface area contributed by atoms with Crippen LogP contribution in [0.5, 0.6) is 0 Å². The quantitative estimate of drug-likeness (QED) is 0.352. The molecule has 1 saturated heterocycles. The number of hydrogen-bond donors (Lipinski definition) is 2. The molecule has 0 bridgehead atoms. The lowest BCUT2D eigenvalue weighted by Gasteiger charge is -2.25. The number of amides is 1. The number of pyridine rings is 1. The first kappa shape index (κ1) is 25.2. The number of rotatable bonds is 6. The van der Waals surface area contributed by atoms with Gasteiger partial charge in [0.1, 0.15) is 11.0 Å². The van der Waals surface area contributed by atoms with Crippen LogP contribution in [-0.4, -0.2) is 43.5 Å². The Morgan fingerprint density at radius 1 is 1.13 bits per heavy atom. The number of nitrogens with one attached hydrogen (secondary N) is 1. The number of piperidine rings is 1. The molecule has 6 rings (SSSR count). The molecule has 1 aliphatic heterocycles. The van der Waals surface area contributed by atoms with E-state index in [2.05, 4.69) is 25.2 Å². The van der Waals surface area contributed by atoms with Gasteiger partial charge in [-0.1, -0.05) is 17.7 Å². The summed E-state index contributed by atoms with van der Waals surface area (Å²) in [5, 5.41) is 4.05. The zero-order valence-electron chi connectivity index (χ0n) is 22.1. The molecule has 3 aromatic heterocycles. The fourth-order valence-electron chi connectivity index (χ4n) is 5.96. The Kier molecular flexibility index (Phi) is 6.02. The number of hydrogen-bond acceptors (Lipinski definition) is 8. The SMILES string of the molecule is Cc1cc(C(C)Nc2ccc(Cl)nc2C(N)=O)c2nc(N3CC4C(C3)C4c3cnc(C)nc3)n(C)c(=O)c2c1. The fraction of sp³-hybridized carbons (Fsp3) is 0.357. The van der Waals surface area contributed by atoms with E-state index in [0.29, 0.717) is 40.3 Å². The second-order valence-corrected chi connectivity index (χ2v) is 11.0. The molecule has 2 aliphatic rings. The van der Waals surface area contributed by atoms with Gasteiger partial charge in [-0.15, -0.1) is 0 Å². The van der Waals surface area contributed by atoms with Crippen LogP contribution in [0, 0.1) is 25.7 Å². The minimum atomic E-state index is -0.682. The highest BCUT2D eigenvalue weighted by Gasteiger charge is 2.57. The fourth-order valence-corrected chi connectivity index (χ4v) is 6.11. The highest BCUT2D eigenvalue weighted by molar-refractivity contribution is 6.29. The molecule has 3 N–H and O–H groups in total. The second kappa shape index (κ2) is 9.30. The van der Waals surface area contributed by atoms with Crippen molar-refractivity contribution in [1.82, 2.24) is 24.5 Å². The highest BCUT2D eigenvalue weighted by Crippen LogP contribution is 2.58. The zero-order valence-corrected chi connectivity index (χ0v) is 22.9. The Hall–Kier alpha value is -4.05. The summed E-state index contributed by atoms with van der Waals surface area (Å²) >= 11 is 5.98. The first-order valence-electron chi connectivity index (χ1n) is 12.9.